The van der Waals surface area contributed by atoms with Crippen LogP contribution in [-0.2, 0) is 4.74 Å². The van der Waals surface area contributed by atoms with Gasteiger partial charge >= 0.3 is 0 Å². The van der Waals surface area contributed by atoms with Crippen molar-refractivity contribution in [2.75, 3.05) is 32.8 Å². The molecule has 3 heteroatoms. The Balaban J connectivity index is 1.83. The van der Waals surface area contributed by atoms with Crippen LogP contribution in [0.4, 0.5) is 0 Å². The Bertz CT molecular complexity index is 135. The minimum absolute atomic E-state index is 0.117. The van der Waals surface area contributed by atoms with Crippen LogP contribution in [0, 0.1) is 0 Å². The molecule has 0 aromatic heterocycles. The van der Waals surface area contributed by atoms with E-state index in [2.05, 4.69) is 24.5 Å². The number of hydrogen-bond acceptors (Lipinski definition) is 3. The van der Waals surface area contributed by atoms with E-state index in [1.807, 2.05) is 0 Å². The largest absolute Gasteiger partial charge is 0.371 e. The molecule has 13 heavy (non-hydrogen) atoms. The van der Waals surface area contributed by atoms with Crippen molar-refractivity contribution in [3.8, 4) is 0 Å². The Kier molecular flexibility index (Phi) is 4.70. The van der Waals surface area contributed by atoms with E-state index in [9.17, 15) is 0 Å². The second kappa shape index (κ2) is 5.58. The molecule has 0 radical (unpaired) electrons. The summed E-state index contributed by atoms with van der Waals surface area (Å²) in [6.45, 7) is 9.31. The summed E-state index contributed by atoms with van der Waals surface area (Å²) in [5.74, 6) is 0. The number of rotatable bonds is 7. The highest BCUT2D eigenvalue weighted by molar-refractivity contribution is 4.90. The van der Waals surface area contributed by atoms with Crippen molar-refractivity contribution in [1.82, 2.24) is 10.6 Å². The third kappa shape index (κ3) is 4.07. The van der Waals surface area contributed by atoms with Crippen molar-refractivity contribution in [2.45, 2.75) is 32.3 Å². The average molecular weight is 186 g/mol. The van der Waals surface area contributed by atoms with Crippen LogP contribution in [0.25, 0.3) is 0 Å². The van der Waals surface area contributed by atoms with Gasteiger partial charge < -0.3 is 15.4 Å². The first-order chi connectivity index (χ1) is 6.27. The fourth-order valence-corrected chi connectivity index (χ4v) is 1.38. The highest BCUT2D eigenvalue weighted by Gasteiger charge is 2.31. The summed E-state index contributed by atoms with van der Waals surface area (Å²) < 4.78 is 5.72. The zero-order valence-electron chi connectivity index (χ0n) is 8.86. The second-order valence-corrected chi connectivity index (χ2v) is 4.01. The maximum absolute atomic E-state index is 5.72. The average Bonchev–Trinajstić information content (AvgIpc) is 2.08. The number of nitrogens with one attached hydrogen (secondary N) is 2. The smallest absolute Gasteiger partial charge is 0.0902 e. The quantitative estimate of drug-likeness (QED) is 0.576. The van der Waals surface area contributed by atoms with Crippen molar-refractivity contribution in [2.24, 2.45) is 0 Å². The second-order valence-electron chi connectivity index (χ2n) is 4.01. The van der Waals surface area contributed by atoms with Gasteiger partial charge in [0.1, 0.15) is 0 Å². The summed E-state index contributed by atoms with van der Waals surface area (Å²) in [4.78, 5) is 0. The van der Waals surface area contributed by atoms with Crippen LogP contribution < -0.4 is 10.6 Å². The first-order valence-corrected chi connectivity index (χ1v) is 5.32. The van der Waals surface area contributed by atoms with E-state index in [0.29, 0.717) is 0 Å². The van der Waals surface area contributed by atoms with Crippen molar-refractivity contribution < 1.29 is 4.74 Å². The fraction of sp³-hybridized carbons (Fsp3) is 1.00. The molecule has 0 unspecified atom stereocenters. The minimum atomic E-state index is 0.117. The standard InChI is InChI=1S/C10H22N2O/c1-3-4-5-11-6-7-13-10(2)8-12-9-10/h11-12H,3-9H2,1-2H3. The van der Waals surface area contributed by atoms with Crippen LogP contribution in [0.3, 0.4) is 0 Å². The zero-order chi connectivity index (χ0) is 9.57. The van der Waals surface area contributed by atoms with Gasteiger partial charge in [0.15, 0.2) is 0 Å². The molecule has 0 spiro atoms. The number of hydrogen-bond donors (Lipinski definition) is 2. The lowest BCUT2D eigenvalue weighted by molar-refractivity contribution is -0.0647. The topological polar surface area (TPSA) is 33.3 Å². The van der Waals surface area contributed by atoms with E-state index in [-0.39, 0.29) is 5.60 Å². The molecule has 0 amide bonds. The SMILES string of the molecule is CCCCNCCOC1(C)CNC1. The van der Waals surface area contributed by atoms with Crippen LogP contribution in [0.5, 0.6) is 0 Å². The molecule has 0 aromatic carbocycles. The zero-order valence-corrected chi connectivity index (χ0v) is 8.86. The Morgan fingerprint density at radius 3 is 2.69 bits per heavy atom. The third-order valence-corrected chi connectivity index (χ3v) is 2.43. The fourth-order valence-electron chi connectivity index (χ4n) is 1.38. The summed E-state index contributed by atoms with van der Waals surface area (Å²) in [6.07, 6.45) is 2.52. The highest BCUT2D eigenvalue weighted by atomic mass is 16.5. The predicted octanol–water partition coefficient (Wildman–Crippen LogP) is 0.755. The number of ether oxygens (including phenoxy) is 1. The highest BCUT2D eigenvalue weighted by Crippen LogP contribution is 2.14. The van der Waals surface area contributed by atoms with E-state index in [1.54, 1.807) is 0 Å². The summed E-state index contributed by atoms with van der Waals surface area (Å²) in [6, 6.07) is 0. The summed E-state index contributed by atoms with van der Waals surface area (Å²) >= 11 is 0. The van der Waals surface area contributed by atoms with Crippen LogP contribution in [0.15, 0.2) is 0 Å². The van der Waals surface area contributed by atoms with Gasteiger partial charge in [-0.1, -0.05) is 13.3 Å². The van der Waals surface area contributed by atoms with Gasteiger partial charge in [-0.25, -0.2) is 0 Å². The predicted molar refractivity (Wildman–Crippen MR) is 55.0 cm³/mol. The van der Waals surface area contributed by atoms with Crippen molar-refractivity contribution in [1.29, 1.82) is 0 Å². The lowest BCUT2D eigenvalue weighted by Gasteiger charge is -2.39. The minimum Gasteiger partial charge on any atom is -0.371 e. The molecule has 78 valence electrons. The van der Waals surface area contributed by atoms with E-state index in [4.69, 9.17) is 4.74 Å². The molecule has 1 saturated heterocycles. The molecule has 1 rings (SSSR count). The van der Waals surface area contributed by atoms with Gasteiger partial charge in [0.05, 0.1) is 12.2 Å². The maximum atomic E-state index is 5.72. The molecule has 1 aliphatic rings. The Labute approximate surface area is 81.2 Å². The van der Waals surface area contributed by atoms with Crippen molar-refractivity contribution in [3.63, 3.8) is 0 Å². The molecule has 0 atom stereocenters. The van der Waals surface area contributed by atoms with E-state index in [1.165, 1.54) is 12.8 Å². The van der Waals surface area contributed by atoms with Gasteiger partial charge in [0, 0.05) is 19.6 Å². The van der Waals surface area contributed by atoms with Crippen molar-refractivity contribution in [3.05, 3.63) is 0 Å². The Hall–Kier alpha value is -0.120. The summed E-state index contributed by atoms with van der Waals surface area (Å²) in [5.41, 5.74) is 0.117. The summed E-state index contributed by atoms with van der Waals surface area (Å²) in [7, 11) is 0. The molecule has 0 saturated carbocycles. The summed E-state index contributed by atoms with van der Waals surface area (Å²) in [5, 5.41) is 6.58. The van der Waals surface area contributed by atoms with Gasteiger partial charge in [0.25, 0.3) is 0 Å². The van der Waals surface area contributed by atoms with E-state index < -0.39 is 0 Å². The van der Waals surface area contributed by atoms with Crippen molar-refractivity contribution >= 4 is 0 Å². The lowest BCUT2D eigenvalue weighted by atomic mass is 10.0. The molecule has 1 fully saturated rings. The molecular weight excluding hydrogens is 164 g/mol. The van der Waals surface area contributed by atoms with Crippen LogP contribution in [0.1, 0.15) is 26.7 Å². The van der Waals surface area contributed by atoms with Gasteiger partial charge in [0.2, 0.25) is 0 Å². The van der Waals surface area contributed by atoms with E-state index >= 15 is 0 Å². The lowest BCUT2D eigenvalue weighted by Crippen LogP contribution is -2.59. The van der Waals surface area contributed by atoms with Crippen LogP contribution in [-0.4, -0.2) is 38.4 Å². The molecule has 2 N–H and O–H groups in total. The Morgan fingerprint density at radius 1 is 1.38 bits per heavy atom. The maximum Gasteiger partial charge on any atom is 0.0902 e. The number of unbranched alkanes of at least 4 members (excludes halogenated alkanes) is 1. The van der Waals surface area contributed by atoms with Gasteiger partial charge in [-0.15, -0.1) is 0 Å². The molecule has 3 nitrogen and oxygen atoms in total. The van der Waals surface area contributed by atoms with E-state index in [0.717, 1.165) is 32.8 Å². The normalized spacial score (nSPS) is 19.8. The molecule has 1 heterocycles. The van der Waals surface area contributed by atoms with Gasteiger partial charge in [-0.3, -0.25) is 0 Å². The first kappa shape index (κ1) is 11.0. The molecule has 0 bridgehead atoms. The molecule has 0 aromatic rings. The van der Waals surface area contributed by atoms with Gasteiger partial charge in [-0.2, -0.15) is 0 Å². The van der Waals surface area contributed by atoms with Crippen LogP contribution in [0.2, 0.25) is 0 Å². The first-order valence-electron chi connectivity index (χ1n) is 5.32. The molecular formula is C10H22N2O. The Morgan fingerprint density at radius 2 is 2.15 bits per heavy atom. The van der Waals surface area contributed by atoms with Gasteiger partial charge in [-0.05, 0) is 19.9 Å². The monoisotopic (exact) mass is 186 g/mol. The molecule has 1 aliphatic heterocycles. The third-order valence-electron chi connectivity index (χ3n) is 2.43. The molecule has 0 aliphatic carbocycles. The van der Waals surface area contributed by atoms with Crippen LogP contribution >= 0.6 is 0 Å².